The predicted molar refractivity (Wildman–Crippen MR) is 124 cm³/mol. The largest absolute Gasteiger partial charge is 0.480 e. The maximum Gasteiger partial charge on any atom is 0.407 e. The fourth-order valence-electron chi connectivity index (χ4n) is 6.19. The van der Waals surface area contributed by atoms with Crippen LogP contribution in [0.3, 0.4) is 0 Å². The van der Waals surface area contributed by atoms with Crippen molar-refractivity contribution in [2.75, 3.05) is 6.61 Å². The van der Waals surface area contributed by atoms with Gasteiger partial charge in [0.2, 0.25) is 5.91 Å². The zero-order valence-electron chi connectivity index (χ0n) is 18.8. The first-order valence-corrected chi connectivity index (χ1v) is 12.1. The molecule has 3 fully saturated rings. The van der Waals surface area contributed by atoms with E-state index in [0.29, 0.717) is 6.42 Å². The number of aliphatic carboxylic acids is 1. The lowest BCUT2D eigenvalue weighted by molar-refractivity contribution is -0.143. The Morgan fingerprint density at radius 3 is 2.26 bits per heavy atom. The van der Waals surface area contributed by atoms with E-state index >= 15 is 0 Å². The van der Waals surface area contributed by atoms with Gasteiger partial charge in [-0.15, -0.1) is 0 Å². The fraction of sp³-hybridized carbons (Fsp3) is 0.444. The Morgan fingerprint density at radius 1 is 1.00 bits per heavy atom. The van der Waals surface area contributed by atoms with Crippen LogP contribution in [-0.2, 0) is 14.3 Å². The van der Waals surface area contributed by atoms with Crippen molar-refractivity contribution in [3.8, 4) is 11.1 Å². The maximum atomic E-state index is 12.9. The highest BCUT2D eigenvalue weighted by molar-refractivity contribution is 5.90. The van der Waals surface area contributed by atoms with Crippen LogP contribution in [0.1, 0.15) is 49.1 Å². The van der Waals surface area contributed by atoms with Gasteiger partial charge in [-0.05, 0) is 66.2 Å². The molecule has 4 atom stereocenters. The molecule has 0 aromatic heterocycles. The van der Waals surface area contributed by atoms with Gasteiger partial charge in [-0.3, -0.25) is 4.79 Å². The van der Waals surface area contributed by atoms with E-state index in [2.05, 4.69) is 34.9 Å². The van der Waals surface area contributed by atoms with Crippen molar-refractivity contribution in [3.63, 3.8) is 0 Å². The maximum absolute atomic E-state index is 12.9. The summed E-state index contributed by atoms with van der Waals surface area (Å²) in [5, 5.41) is 15.1. The third kappa shape index (κ3) is 3.54. The minimum atomic E-state index is -0.962. The molecule has 3 saturated carbocycles. The molecule has 0 bridgehead atoms. The first kappa shape index (κ1) is 21.2. The molecule has 0 radical (unpaired) electrons. The Balaban J connectivity index is 1.05. The van der Waals surface area contributed by atoms with E-state index in [1.807, 2.05) is 24.3 Å². The summed E-state index contributed by atoms with van der Waals surface area (Å²) < 4.78 is 5.65. The van der Waals surface area contributed by atoms with Gasteiger partial charge in [-0.1, -0.05) is 48.5 Å². The van der Waals surface area contributed by atoms with Crippen molar-refractivity contribution >= 4 is 18.0 Å². The summed E-state index contributed by atoms with van der Waals surface area (Å²) in [7, 11) is 0. The third-order valence-electron chi connectivity index (χ3n) is 8.18. The number of hydrogen-bond acceptors (Lipinski definition) is 4. The number of fused-ring (bicyclic) bond motifs is 4. The number of nitrogens with one attached hydrogen (secondary N) is 2. The summed E-state index contributed by atoms with van der Waals surface area (Å²) in [4.78, 5) is 37.0. The summed E-state index contributed by atoms with van der Waals surface area (Å²) in [6, 6.07) is 15.5. The molecule has 6 rings (SSSR count). The number of ether oxygens (including phenoxy) is 1. The first-order chi connectivity index (χ1) is 16.5. The van der Waals surface area contributed by atoms with Gasteiger partial charge in [0, 0.05) is 12.0 Å². The Hall–Kier alpha value is -3.35. The number of benzene rings is 2. The van der Waals surface area contributed by atoms with Crippen LogP contribution in [0, 0.1) is 17.3 Å². The lowest BCUT2D eigenvalue weighted by Gasteiger charge is -2.21. The molecule has 0 saturated heterocycles. The monoisotopic (exact) mass is 460 g/mol. The Kier molecular flexibility index (Phi) is 4.90. The molecule has 2 aromatic rings. The van der Waals surface area contributed by atoms with E-state index in [9.17, 15) is 19.5 Å². The van der Waals surface area contributed by atoms with Crippen LogP contribution in [0.5, 0.6) is 0 Å². The fourth-order valence-corrected chi connectivity index (χ4v) is 6.19. The lowest BCUT2D eigenvalue weighted by atomic mass is 9.98. The van der Waals surface area contributed by atoms with E-state index < -0.39 is 23.5 Å². The van der Waals surface area contributed by atoms with Crippen molar-refractivity contribution in [2.45, 2.75) is 50.1 Å². The van der Waals surface area contributed by atoms with Crippen molar-refractivity contribution < 1.29 is 24.2 Å². The molecular weight excluding hydrogens is 432 g/mol. The second kappa shape index (κ2) is 7.86. The van der Waals surface area contributed by atoms with Crippen molar-refractivity contribution in [2.24, 2.45) is 17.3 Å². The molecule has 2 amide bonds. The molecule has 7 nitrogen and oxygen atoms in total. The second-order valence-corrected chi connectivity index (χ2v) is 10.3. The van der Waals surface area contributed by atoms with Gasteiger partial charge in [0.15, 0.2) is 0 Å². The summed E-state index contributed by atoms with van der Waals surface area (Å²) in [6.07, 6.45) is 3.24. The van der Waals surface area contributed by atoms with E-state index in [0.717, 1.165) is 36.8 Å². The van der Waals surface area contributed by atoms with Crippen molar-refractivity contribution in [1.82, 2.24) is 10.6 Å². The summed E-state index contributed by atoms with van der Waals surface area (Å²) >= 11 is 0. The Morgan fingerprint density at radius 2 is 1.65 bits per heavy atom. The molecule has 34 heavy (non-hydrogen) atoms. The van der Waals surface area contributed by atoms with Gasteiger partial charge in [-0.25, -0.2) is 9.59 Å². The number of alkyl carbamates (subject to hydrolysis) is 1. The van der Waals surface area contributed by atoms with Crippen LogP contribution in [-0.4, -0.2) is 41.8 Å². The third-order valence-corrected chi connectivity index (χ3v) is 8.18. The molecule has 1 unspecified atom stereocenters. The van der Waals surface area contributed by atoms with Gasteiger partial charge in [0.05, 0.1) is 5.41 Å². The normalized spacial score (nSPS) is 27.2. The highest BCUT2D eigenvalue weighted by Gasteiger charge is 2.65. The molecule has 4 aliphatic carbocycles. The summed E-state index contributed by atoms with van der Waals surface area (Å²) in [6.45, 7) is 0.253. The summed E-state index contributed by atoms with van der Waals surface area (Å²) in [5.41, 5.74) is 4.16. The predicted octanol–water partition coefficient (Wildman–Crippen LogP) is 3.67. The molecular formula is C27H28N2O5. The number of rotatable bonds is 7. The van der Waals surface area contributed by atoms with Gasteiger partial charge in [-0.2, -0.15) is 0 Å². The van der Waals surface area contributed by atoms with Crippen LogP contribution >= 0.6 is 0 Å². The molecule has 4 aliphatic rings. The Labute approximate surface area is 197 Å². The molecule has 0 heterocycles. The number of amides is 2. The van der Waals surface area contributed by atoms with Crippen LogP contribution in [0.15, 0.2) is 48.5 Å². The van der Waals surface area contributed by atoms with Crippen LogP contribution < -0.4 is 10.6 Å². The number of carboxylic acids is 1. The molecule has 0 aliphatic heterocycles. The molecule has 176 valence electrons. The van der Waals surface area contributed by atoms with Crippen LogP contribution in [0.4, 0.5) is 4.79 Å². The highest BCUT2D eigenvalue weighted by Crippen LogP contribution is 2.63. The number of carbonyl (C=O) groups excluding carboxylic acids is 2. The van der Waals surface area contributed by atoms with Gasteiger partial charge >= 0.3 is 12.1 Å². The highest BCUT2D eigenvalue weighted by atomic mass is 16.5. The van der Waals surface area contributed by atoms with Crippen LogP contribution in [0.25, 0.3) is 11.1 Å². The number of hydrogen-bond donors (Lipinski definition) is 3. The minimum Gasteiger partial charge on any atom is -0.480 e. The average Bonchev–Trinajstić information content (AvgIpc) is 3.73. The SMILES string of the molecule is O=C(N[C@H]1C[C@@H]2C[C@]2(C(=O)NC(C(=O)O)C2CC2)C1)OCC1c2ccccc2-c2ccccc21. The smallest absolute Gasteiger partial charge is 0.407 e. The van der Waals surface area contributed by atoms with Gasteiger partial charge in [0.1, 0.15) is 12.6 Å². The quantitative estimate of drug-likeness (QED) is 0.585. The van der Waals surface area contributed by atoms with Crippen molar-refractivity contribution in [3.05, 3.63) is 59.7 Å². The Bertz CT molecular complexity index is 1130. The zero-order chi connectivity index (χ0) is 23.4. The van der Waals surface area contributed by atoms with E-state index in [1.165, 1.54) is 11.1 Å². The number of carbonyl (C=O) groups is 3. The van der Waals surface area contributed by atoms with Crippen molar-refractivity contribution in [1.29, 1.82) is 0 Å². The van der Waals surface area contributed by atoms with E-state index in [4.69, 9.17) is 4.74 Å². The minimum absolute atomic E-state index is 0.00243. The topological polar surface area (TPSA) is 105 Å². The molecule has 3 N–H and O–H groups in total. The van der Waals surface area contributed by atoms with E-state index in [1.54, 1.807) is 0 Å². The first-order valence-electron chi connectivity index (χ1n) is 12.1. The lowest BCUT2D eigenvalue weighted by Crippen LogP contribution is -2.46. The standard InChI is InChI=1S/C27H28N2O5/c30-24(31)23(15-9-10-15)29-25(32)27-12-16(27)11-17(13-27)28-26(33)34-14-22-20-7-3-1-5-18(20)19-6-2-4-8-21(19)22/h1-8,15-17,22-23H,9-14H2,(H,28,33)(H,29,32)(H,30,31)/t16-,17+,23?,27+/m1/s1. The average molecular weight is 461 g/mol. The van der Waals surface area contributed by atoms with Gasteiger partial charge in [0.25, 0.3) is 0 Å². The summed E-state index contributed by atoms with van der Waals surface area (Å²) in [5.74, 6) is -0.891. The molecule has 7 heteroatoms. The van der Waals surface area contributed by atoms with Crippen LogP contribution in [0.2, 0.25) is 0 Å². The zero-order valence-corrected chi connectivity index (χ0v) is 18.8. The molecule has 2 aromatic carbocycles. The number of carboxylic acid groups (broad SMARTS) is 1. The molecule has 0 spiro atoms. The second-order valence-electron chi connectivity index (χ2n) is 10.3. The van der Waals surface area contributed by atoms with Gasteiger partial charge < -0.3 is 20.5 Å². The van der Waals surface area contributed by atoms with E-state index in [-0.39, 0.29) is 36.3 Å².